The van der Waals surface area contributed by atoms with Crippen molar-refractivity contribution in [2.24, 2.45) is 0 Å². The van der Waals surface area contributed by atoms with Gasteiger partial charge in [0.2, 0.25) is 5.95 Å². The third-order valence-corrected chi connectivity index (χ3v) is 2.83. The summed E-state index contributed by atoms with van der Waals surface area (Å²) in [5.41, 5.74) is 1.21. The number of hydrogen-bond acceptors (Lipinski definition) is 6. The summed E-state index contributed by atoms with van der Waals surface area (Å²) in [6, 6.07) is 7.36. The Hall–Kier alpha value is -2.83. The molecule has 0 amide bonds. The monoisotopic (exact) mass is 285 g/mol. The summed E-state index contributed by atoms with van der Waals surface area (Å²) >= 11 is 0. The quantitative estimate of drug-likeness (QED) is 0.749. The van der Waals surface area contributed by atoms with Crippen LogP contribution in [0.25, 0.3) is 11.2 Å². The fraction of sp³-hybridized carbons (Fsp3) is 0.214. The zero-order valence-corrected chi connectivity index (χ0v) is 11.8. The fourth-order valence-corrected chi connectivity index (χ4v) is 1.87. The van der Waals surface area contributed by atoms with Crippen molar-refractivity contribution in [3.63, 3.8) is 0 Å². The van der Waals surface area contributed by atoms with Gasteiger partial charge in [0.05, 0.1) is 12.9 Å². The molecule has 3 aromatic rings. The molecule has 0 bridgehead atoms. The summed E-state index contributed by atoms with van der Waals surface area (Å²) < 4.78 is 11.2. The first kappa shape index (κ1) is 13.2. The van der Waals surface area contributed by atoms with Crippen molar-refractivity contribution < 1.29 is 9.47 Å². The van der Waals surface area contributed by atoms with E-state index in [1.165, 1.54) is 0 Å². The first-order valence-corrected chi connectivity index (χ1v) is 6.59. The van der Waals surface area contributed by atoms with Gasteiger partial charge < -0.3 is 19.8 Å². The van der Waals surface area contributed by atoms with Gasteiger partial charge in [-0.15, -0.1) is 0 Å². The number of nitrogens with one attached hydrogen (secondary N) is 2. The molecular formula is C14H15N5O2. The van der Waals surface area contributed by atoms with Crippen LogP contribution in [-0.2, 0) is 0 Å². The average molecular weight is 285 g/mol. The van der Waals surface area contributed by atoms with Crippen LogP contribution in [0.15, 0.2) is 30.6 Å². The Morgan fingerprint density at radius 3 is 2.62 bits per heavy atom. The molecule has 108 valence electrons. The van der Waals surface area contributed by atoms with E-state index in [1.54, 1.807) is 13.4 Å². The molecule has 0 spiro atoms. The lowest BCUT2D eigenvalue weighted by Gasteiger charge is -2.08. The van der Waals surface area contributed by atoms with E-state index in [2.05, 4.69) is 25.3 Å². The average Bonchev–Trinajstić information content (AvgIpc) is 2.98. The summed E-state index contributed by atoms with van der Waals surface area (Å²) in [6.07, 6.45) is 1.56. The van der Waals surface area contributed by atoms with Crippen LogP contribution in [0, 0.1) is 0 Å². The second kappa shape index (κ2) is 5.66. The normalized spacial score (nSPS) is 10.6. The molecule has 3 rings (SSSR count). The maximum atomic E-state index is 5.81. The molecule has 7 nitrogen and oxygen atoms in total. The van der Waals surface area contributed by atoms with Crippen molar-refractivity contribution in [1.82, 2.24) is 19.9 Å². The van der Waals surface area contributed by atoms with E-state index >= 15 is 0 Å². The number of H-pyrrole nitrogens is 1. The molecule has 7 heteroatoms. The van der Waals surface area contributed by atoms with E-state index in [0.717, 1.165) is 5.75 Å². The summed E-state index contributed by atoms with van der Waals surface area (Å²) in [5.74, 6) is 2.34. The highest BCUT2D eigenvalue weighted by molar-refractivity contribution is 5.77. The van der Waals surface area contributed by atoms with Crippen molar-refractivity contribution in [3.05, 3.63) is 30.6 Å². The van der Waals surface area contributed by atoms with E-state index in [-0.39, 0.29) is 0 Å². The largest absolute Gasteiger partial charge is 0.494 e. The SMILES string of the molecule is CCOc1ccc(Oc2nc(NC)nc3nc[nH]c23)cc1. The Kier molecular flexibility index (Phi) is 3.55. The number of rotatable bonds is 5. The zero-order chi connectivity index (χ0) is 14.7. The van der Waals surface area contributed by atoms with Crippen molar-refractivity contribution in [2.45, 2.75) is 6.92 Å². The molecule has 0 saturated heterocycles. The lowest BCUT2D eigenvalue weighted by Crippen LogP contribution is -1.99. The standard InChI is InChI=1S/C14H15N5O2/c1-3-20-9-4-6-10(7-5-9)21-13-11-12(17-8-16-11)18-14(15-2)19-13/h4-8H,3H2,1-2H3,(H2,15,16,17,18,19). The van der Waals surface area contributed by atoms with Crippen LogP contribution in [0.4, 0.5) is 5.95 Å². The van der Waals surface area contributed by atoms with Gasteiger partial charge in [-0.25, -0.2) is 4.98 Å². The van der Waals surface area contributed by atoms with Gasteiger partial charge >= 0.3 is 0 Å². The van der Waals surface area contributed by atoms with Gasteiger partial charge in [-0.3, -0.25) is 0 Å². The maximum absolute atomic E-state index is 5.81. The van der Waals surface area contributed by atoms with Gasteiger partial charge in [0.1, 0.15) is 17.0 Å². The van der Waals surface area contributed by atoms with Crippen LogP contribution < -0.4 is 14.8 Å². The molecule has 0 aliphatic heterocycles. The number of imidazole rings is 1. The molecule has 1 aromatic carbocycles. The summed E-state index contributed by atoms with van der Waals surface area (Å²) in [5, 5.41) is 2.88. The van der Waals surface area contributed by atoms with E-state index in [4.69, 9.17) is 9.47 Å². The number of aromatic amines is 1. The molecule has 2 N–H and O–H groups in total. The predicted octanol–water partition coefficient (Wildman–Crippen LogP) is 2.59. The predicted molar refractivity (Wildman–Crippen MR) is 78.9 cm³/mol. The van der Waals surface area contributed by atoms with Gasteiger partial charge in [-0.1, -0.05) is 0 Å². The van der Waals surface area contributed by atoms with Crippen LogP contribution in [0.3, 0.4) is 0 Å². The Bertz CT molecular complexity index is 739. The van der Waals surface area contributed by atoms with Crippen LogP contribution >= 0.6 is 0 Å². The molecule has 21 heavy (non-hydrogen) atoms. The minimum Gasteiger partial charge on any atom is -0.494 e. The van der Waals surface area contributed by atoms with E-state index in [1.807, 2.05) is 31.2 Å². The topological polar surface area (TPSA) is 84.9 Å². The highest BCUT2D eigenvalue weighted by atomic mass is 16.5. The molecule has 0 fully saturated rings. The Morgan fingerprint density at radius 2 is 1.90 bits per heavy atom. The van der Waals surface area contributed by atoms with E-state index in [9.17, 15) is 0 Å². The maximum Gasteiger partial charge on any atom is 0.250 e. The Labute approximate surface area is 121 Å². The summed E-state index contributed by atoms with van der Waals surface area (Å²) in [4.78, 5) is 15.6. The highest BCUT2D eigenvalue weighted by Crippen LogP contribution is 2.27. The number of benzene rings is 1. The lowest BCUT2D eigenvalue weighted by atomic mass is 10.3. The van der Waals surface area contributed by atoms with E-state index < -0.39 is 0 Å². The van der Waals surface area contributed by atoms with Gasteiger partial charge in [-0.05, 0) is 31.2 Å². The van der Waals surface area contributed by atoms with Crippen molar-refractivity contribution >= 4 is 17.1 Å². The molecule has 0 radical (unpaired) electrons. The molecule has 2 heterocycles. The fourth-order valence-electron chi connectivity index (χ4n) is 1.87. The number of fused-ring (bicyclic) bond motifs is 1. The first-order chi connectivity index (χ1) is 10.3. The van der Waals surface area contributed by atoms with Crippen LogP contribution in [0.2, 0.25) is 0 Å². The number of aromatic nitrogens is 4. The van der Waals surface area contributed by atoms with Gasteiger partial charge in [-0.2, -0.15) is 9.97 Å². The molecule has 0 unspecified atom stereocenters. The second-order valence-corrected chi connectivity index (χ2v) is 4.21. The van der Waals surface area contributed by atoms with Crippen molar-refractivity contribution in [2.75, 3.05) is 19.0 Å². The highest BCUT2D eigenvalue weighted by Gasteiger charge is 2.11. The second-order valence-electron chi connectivity index (χ2n) is 4.21. The number of nitrogens with zero attached hydrogens (tertiary/aromatic N) is 3. The molecule has 0 aliphatic carbocycles. The third-order valence-electron chi connectivity index (χ3n) is 2.83. The molecule has 2 aromatic heterocycles. The number of ether oxygens (including phenoxy) is 2. The Morgan fingerprint density at radius 1 is 1.14 bits per heavy atom. The first-order valence-electron chi connectivity index (χ1n) is 6.59. The van der Waals surface area contributed by atoms with Crippen LogP contribution in [-0.4, -0.2) is 33.6 Å². The number of anilines is 1. The van der Waals surface area contributed by atoms with Crippen LogP contribution in [0.5, 0.6) is 17.4 Å². The third kappa shape index (κ3) is 2.71. The van der Waals surface area contributed by atoms with Crippen LogP contribution in [0.1, 0.15) is 6.92 Å². The number of hydrogen-bond donors (Lipinski definition) is 2. The molecule has 0 aliphatic rings. The van der Waals surface area contributed by atoms with Gasteiger partial charge in [0, 0.05) is 7.05 Å². The smallest absolute Gasteiger partial charge is 0.250 e. The minimum absolute atomic E-state index is 0.422. The van der Waals surface area contributed by atoms with Crippen molar-refractivity contribution in [3.8, 4) is 17.4 Å². The van der Waals surface area contributed by atoms with Gasteiger partial charge in [0.15, 0.2) is 5.65 Å². The van der Waals surface area contributed by atoms with Crippen molar-refractivity contribution in [1.29, 1.82) is 0 Å². The lowest BCUT2D eigenvalue weighted by molar-refractivity contribution is 0.339. The summed E-state index contributed by atoms with van der Waals surface area (Å²) in [6.45, 7) is 2.58. The molecule has 0 atom stereocenters. The van der Waals surface area contributed by atoms with E-state index in [0.29, 0.717) is 35.3 Å². The molecule has 0 saturated carbocycles. The Balaban J connectivity index is 1.91. The summed E-state index contributed by atoms with van der Waals surface area (Å²) in [7, 11) is 1.74. The molecular weight excluding hydrogens is 270 g/mol. The zero-order valence-electron chi connectivity index (χ0n) is 11.8. The minimum atomic E-state index is 0.422. The van der Waals surface area contributed by atoms with Gasteiger partial charge in [0.25, 0.3) is 5.88 Å².